The van der Waals surface area contributed by atoms with Crippen LogP contribution < -0.4 is 0 Å². The zero-order chi connectivity index (χ0) is 16.9. The van der Waals surface area contributed by atoms with Crippen LogP contribution in [0.1, 0.15) is 20.2 Å². The molecule has 128 valence electrons. The van der Waals surface area contributed by atoms with Crippen molar-refractivity contribution in [3.8, 4) is 0 Å². The lowest BCUT2D eigenvalue weighted by Gasteiger charge is -2.25. The summed E-state index contributed by atoms with van der Waals surface area (Å²) in [4.78, 5) is 28.7. The number of thioether (sulfide) groups is 1. The van der Waals surface area contributed by atoms with Crippen molar-refractivity contribution in [1.82, 2.24) is 24.8 Å². The molecule has 1 aliphatic rings. The summed E-state index contributed by atoms with van der Waals surface area (Å²) < 4.78 is 1.62. The first-order valence-corrected chi connectivity index (χ1v) is 9.74. The number of carbonyl (C=O) groups is 2. The number of nitrogens with zero attached hydrogens (tertiary/aromatic N) is 5. The lowest BCUT2D eigenvalue weighted by atomic mass is 10.3. The van der Waals surface area contributed by atoms with Crippen molar-refractivity contribution in [2.24, 2.45) is 0 Å². The highest BCUT2D eigenvalue weighted by molar-refractivity contribution is 7.99. The van der Waals surface area contributed by atoms with Gasteiger partial charge in [-0.2, -0.15) is 11.8 Å². The van der Waals surface area contributed by atoms with Crippen molar-refractivity contribution in [2.75, 3.05) is 38.2 Å². The molecule has 1 fully saturated rings. The molecule has 2 amide bonds. The fourth-order valence-corrected chi connectivity index (χ4v) is 4.00. The van der Waals surface area contributed by atoms with Gasteiger partial charge >= 0.3 is 0 Å². The molecule has 2 aromatic heterocycles. The van der Waals surface area contributed by atoms with Crippen molar-refractivity contribution in [1.29, 1.82) is 0 Å². The van der Waals surface area contributed by atoms with Gasteiger partial charge in [0.05, 0.1) is 17.6 Å². The maximum absolute atomic E-state index is 12.4. The minimum Gasteiger partial charge on any atom is -0.339 e. The standard InChI is InChI=1S/C15H19N5O2S2/c1-18(15(22)13-3-2-8-24-13)4-5-20-11-12(16-17-20)14(21)19-6-9-23-10-7-19/h2-3,8,11H,4-7,9-10H2,1H3. The maximum atomic E-state index is 12.4. The summed E-state index contributed by atoms with van der Waals surface area (Å²) in [6.07, 6.45) is 1.66. The van der Waals surface area contributed by atoms with Gasteiger partial charge < -0.3 is 9.80 Å². The molecule has 0 saturated carbocycles. The minimum absolute atomic E-state index is 0.00719. The Morgan fingerprint density at radius 3 is 2.83 bits per heavy atom. The second-order valence-electron chi connectivity index (χ2n) is 5.48. The van der Waals surface area contributed by atoms with E-state index in [0.717, 1.165) is 29.5 Å². The number of thiophene rings is 1. The number of aromatic nitrogens is 3. The van der Waals surface area contributed by atoms with Crippen molar-refractivity contribution in [3.63, 3.8) is 0 Å². The Morgan fingerprint density at radius 1 is 1.33 bits per heavy atom. The van der Waals surface area contributed by atoms with E-state index in [9.17, 15) is 9.59 Å². The summed E-state index contributed by atoms with van der Waals surface area (Å²) in [6.45, 7) is 2.53. The van der Waals surface area contributed by atoms with E-state index in [2.05, 4.69) is 10.3 Å². The zero-order valence-corrected chi connectivity index (χ0v) is 15.1. The van der Waals surface area contributed by atoms with Gasteiger partial charge in [0.2, 0.25) is 0 Å². The summed E-state index contributed by atoms with van der Waals surface area (Å²) in [5.41, 5.74) is 0.370. The maximum Gasteiger partial charge on any atom is 0.276 e. The highest BCUT2D eigenvalue weighted by atomic mass is 32.2. The van der Waals surface area contributed by atoms with Crippen molar-refractivity contribution in [2.45, 2.75) is 6.54 Å². The number of amides is 2. The van der Waals surface area contributed by atoms with Crippen LogP contribution in [0.2, 0.25) is 0 Å². The average molecular weight is 365 g/mol. The zero-order valence-electron chi connectivity index (χ0n) is 13.4. The lowest BCUT2D eigenvalue weighted by molar-refractivity contribution is 0.0763. The third-order valence-electron chi connectivity index (χ3n) is 3.80. The number of carbonyl (C=O) groups excluding carboxylic acids is 2. The number of hydrogen-bond acceptors (Lipinski definition) is 6. The van der Waals surface area contributed by atoms with Gasteiger partial charge in [0.15, 0.2) is 5.69 Å². The van der Waals surface area contributed by atoms with Crippen molar-refractivity contribution < 1.29 is 9.59 Å². The van der Waals surface area contributed by atoms with Crippen LogP contribution in [0.15, 0.2) is 23.7 Å². The van der Waals surface area contributed by atoms with Gasteiger partial charge in [0, 0.05) is 38.2 Å². The third-order valence-corrected chi connectivity index (χ3v) is 5.60. The topological polar surface area (TPSA) is 71.3 Å². The Balaban J connectivity index is 1.54. The molecule has 0 aromatic carbocycles. The van der Waals surface area contributed by atoms with Crippen molar-refractivity contribution >= 4 is 34.9 Å². The molecule has 0 spiro atoms. The molecular weight excluding hydrogens is 346 g/mol. The number of rotatable bonds is 5. The van der Waals surface area contributed by atoms with Crippen LogP contribution >= 0.6 is 23.1 Å². The first-order valence-electron chi connectivity index (χ1n) is 7.71. The molecule has 3 heterocycles. The summed E-state index contributed by atoms with van der Waals surface area (Å²) in [5, 5.41) is 9.87. The molecule has 0 bridgehead atoms. The molecule has 2 aromatic rings. The van der Waals surface area contributed by atoms with E-state index in [1.165, 1.54) is 11.3 Å². The second kappa shape index (κ2) is 7.80. The van der Waals surface area contributed by atoms with E-state index in [-0.39, 0.29) is 11.8 Å². The van der Waals surface area contributed by atoms with Gasteiger partial charge in [-0.05, 0) is 11.4 Å². The largest absolute Gasteiger partial charge is 0.339 e. The fraction of sp³-hybridized carbons (Fsp3) is 0.467. The van der Waals surface area contributed by atoms with Crippen LogP contribution in [0.5, 0.6) is 0 Å². The fourth-order valence-electron chi connectivity index (χ4n) is 2.38. The molecule has 0 unspecified atom stereocenters. The first kappa shape index (κ1) is 17.0. The molecule has 0 radical (unpaired) electrons. The summed E-state index contributed by atoms with van der Waals surface area (Å²) in [5.74, 6) is 1.86. The smallest absolute Gasteiger partial charge is 0.276 e. The summed E-state index contributed by atoms with van der Waals surface area (Å²) >= 11 is 3.28. The van der Waals surface area contributed by atoms with E-state index in [1.54, 1.807) is 22.8 Å². The van der Waals surface area contributed by atoms with E-state index < -0.39 is 0 Å². The second-order valence-corrected chi connectivity index (χ2v) is 7.65. The normalized spacial score (nSPS) is 14.6. The van der Waals surface area contributed by atoms with Gasteiger partial charge in [0.25, 0.3) is 11.8 Å². The molecular formula is C15H19N5O2S2. The van der Waals surface area contributed by atoms with Gasteiger partial charge in [-0.1, -0.05) is 11.3 Å². The van der Waals surface area contributed by atoms with E-state index >= 15 is 0 Å². The molecule has 1 saturated heterocycles. The Labute approximate surface area is 148 Å². The third kappa shape index (κ3) is 3.96. The molecule has 1 aliphatic heterocycles. The first-order chi connectivity index (χ1) is 11.6. The molecule has 7 nitrogen and oxygen atoms in total. The Kier molecular flexibility index (Phi) is 5.52. The summed E-state index contributed by atoms with van der Waals surface area (Å²) in [7, 11) is 1.76. The monoisotopic (exact) mass is 365 g/mol. The molecule has 0 N–H and O–H groups in total. The predicted molar refractivity (Wildman–Crippen MR) is 94.5 cm³/mol. The van der Waals surface area contributed by atoms with Crippen LogP contribution in [-0.4, -0.2) is 74.8 Å². The van der Waals surface area contributed by atoms with Crippen LogP contribution in [0.25, 0.3) is 0 Å². The van der Waals surface area contributed by atoms with E-state index in [0.29, 0.717) is 18.8 Å². The molecule has 9 heteroatoms. The highest BCUT2D eigenvalue weighted by Gasteiger charge is 2.21. The van der Waals surface area contributed by atoms with Gasteiger partial charge in [-0.3, -0.25) is 9.59 Å². The molecule has 24 heavy (non-hydrogen) atoms. The average Bonchev–Trinajstić information content (AvgIpc) is 3.31. The van der Waals surface area contributed by atoms with Gasteiger partial charge in [0.1, 0.15) is 0 Å². The van der Waals surface area contributed by atoms with Gasteiger partial charge in [-0.25, -0.2) is 4.68 Å². The van der Waals surface area contributed by atoms with E-state index in [1.807, 2.05) is 34.2 Å². The van der Waals surface area contributed by atoms with Crippen molar-refractivity contribution in [3.05, 3.63) is 34.3 Å². The molecule has 0 atom stereocenters. The Bertz CT molecular complexity index is 695. The van der Waals surface area contributed by atoms with Crippen LogP contribution in [0.3, 0.4) is 0 Å². The van der Waals surface area contributed by atoms with Gasteiger partial charge in [-0.15, -0.1) is 16.4 Å². The minimum atomic E-state index is -0.0652. The highest BCUT2D eigenvalue weighted by Crippen LogP contribution is 2.12. The summed E-state index contributed by atoms with van der Waals surface area (Å²) in [6, 6.07) is 3.67. The van der Waals surface area contributed by atoms with Crippen LogP contribution in [0, 0.1) is 0 Å². The Hall–Kier alpha value is -1.87. The lowest BCUT2D eigenvalue weighted by Crippen LogP contribution is -2.38. The van der Waals surface area contributed by atoms with E-state index in [4.69, 9.17) is 0 Å². The number of hydrogen-bond donors (Lipinski definition) is 0. The number of likely N-dealkylation sites (N-methyl/N-ethyl adjacent to an activating group) is 1. The molecule has 0 aliphatic carbocycles. The van der Waals surface area contributed by atoms with Crippen LogP contribution in [0.4, 0.5) is 0 Å². The Morgan fingerprint density at radius 2 is 2.12 bits per heavy atom. The quantitative estimate of drug-likeness (QED) is 0.799. The SMILES string of the molecule is CN(CCn1cc(C(=O)N2CCSCC2)nn1)C(=O)c1cccs1. The molecule has 3 rings (SSSR count). The predicted octanol–water partition coefficient (Wildman–Crippen LogP) is 1.30. The van der Waals surface area contributed by atoms with Crippen LogP contribution in [-0.2, 0) is 6.54 Å².